The van der Waals surface area contributed by atoms with E-state index in [1.807, 2.05) is 6.92 Å². The van der Waals surface area contributed by atoms with Crippen LogP contribution in [0.1, 0.15) is 28.9 Å². The Hall–Kier alpha value is -2.65. The number of nitrogens with one attached hydrogen (secondary N) is 1. The average molecular weight is 326 g/mol. The van der Waals surface area contributed by atoms with Crippen molar-refractivity contribution in [1.82, 2.24) is 24.6 Å². The Morgan fingerprint density at radius 1 is 1.17 bits per heavy atom. The molecule has 0 radical (unpaired) electrons. The Kier molecular flexibility index (Phi) is 3.46. The number of halogens is 3. The van der Waals surface area contributed by atoms with Crippen LogP contribution in [0.2, 0.25) is 0 Å². The summed E-state index contributed by atoms with van der Waals surface area (Å²) in [6, 6.07) is 1.57. The van der Waals surface area contributed by atoms with E-state index < -0.39 is 12.0 Å². The first-order chi connectivity index (χ1) is 10.7. The molecule has 3 rings (SSSR count). The van der Waals surface area contributed by atoms with Crippen LogP contribution in [0.25, 0.3) is 5.78 Å². The molecule has 0 atom stereocenters. The zero-order valence-electron chi connectivity index (χ0n) is 12.6. The largest absolute Gasteiger partial charge is 0.453 e. The number of fused-ring (bicyclic) bond motifs is 1. The Morgan fingerprint density at radius 2 is 1.91 bits per heavy atom. The lowest BCUT2D eigenvalue weighted by molar-refractivity contribution is -0.144. The van der Waals surface area contributed by atoms with Gasteiger partial charge in [-0.3, -0.25) is 0 Å². The fourth-order valence-corrected chi connectivity index (χ4v) is 2.01. The van der Waals surface area contributed by atoms with Crippen molar-refractivity contribution in [3.05, 3.63) is 34.9 Å². The summed E-state index contributed by atoms with van der Waals surface area (Å²) in [7, 11) is 0. The van der Waals surface area contributed by atoms with E-state index in [2.05, 4.69) is 25.4 Å². The highest BCUT2D eigenvalue weighted by molar-refractivity contribution is 5.45. The quantitative estimate of drug-likeness (QED) is 0.797. The molecule has 7 nitrogen and oxygen atoms in total. The zero-order chi connectivity index (χ0) is 16.8. The third kappa shape index (κ3) is 2.96. The van der Waals surface area contributed by atoms with Gasteiger partial charge in [-0.2, -0.15) is 22.7 Å². The molecular formula is C13H13F3N6O. The van der Waals surface area contributed by atoms with Crippen molar-refractivity contribution in [2.45, 2.75) is 33.5 Å². The summed E-state index contributed by atoms with van der Waals surface area (Å²) in [5.41, 5.74) is 1.28. The van der Waals surface area contributed by atoms with Crippen molar-refractivity contribution >= 4 is 11.6 Å². The van der Waals surface area contributed by atoms with Gasteiger partial charge < -0.3 is 9.73 Å². The van der Waals surface area contributed by atoms with E-state index in [1.165, 1.54) is 0 Å². The molecule has 0 saturated heterocycles. The average Bonchev–Trinajstić information content (AvgIpc) is 3.00. The van der Waals surface area contributed by atoms with Crippen LogP contribution in [-0.4, -0.2) is 24.6 Å². The molecule has 3 aromatic heterocycles. The topological polar surface area (TPSA) is 81.1 Å². The van der Waals surface area contributed by atoms with E-state index in [1.54, 1.807) is 19.9 Å². The van der Waals surface area contributed by atoms with Gasteiger partial charge in [0.05, 0.1) is 12.2 Å². The van der Waals surface area contributed by atoms with Crippen LogP contribution in [0.4, 0.5) is 19.0 Å². The molecular weight excluding hydrogens is 313 g/mol. The van der Waals surface area contributed by atoms with Crippen molar-refractivity contribution in [1.29, 1.82) is 0 Å². The van der Waals surface area contributed by atoms with Crippen LogP contribution in [0.5, 0.6) is 0 Å². The van der Waals surface area contributed by atoms with E-state index in [0.717, 1.165) is 10.2 Å². The maximum atomic E-state index is 12.7. The molecule has 0 aliphatic heterocycles. The minimum absolute atomic E-state index is 0.125. The van der Waals surface area contributed by atoms with Crippen LogP contribution in [-0.2, 0) is 12.7 Å². The van der Waals surface area contributed by atoms with E-state index in [4.69, 9.17) is 4.42 Å². The molecule has 0 unspecified atom stereocenters. The fraction of sp³-hybridized carbons (Fsp3) is 0.385. The first kappa shape index (κ1) is 15.3. The molecule has 0 fully saturated rings. The second-order valence-corrected chi connectivity index (χ2v) is 5.03. The summed E-state index contributed by atoms with van der Waals surface area (Å²) in [6.45, 7) is 5.46. The van der Waals surface area contributed by atoms with E-state index in [-0.39, 0.29) is 12.3 Å². The predicted octanol–water partition coefficient (Wildman–Crippen LogP) is 2.67. The number of rotatable bonds is 3. The lowest BCUT2D eigenvalue weighted by Crippen LogP contribution is -2.09. The second kappa shape index (κ2) is 5.21. The van der Waals surface area contributed by atoms with Crippen molar-refractivity contribution in [3.63, 3.8) is 0 Å². The van der Waals surface area contributed by atoms with Gasteiger partial charge in [0.1, 0.15) is 11.6 Å². The monoisotopic (exact) mass is 326 g/mol. The van der Waals surface area contributed by atoms with Crippen LogP contribution >= 0.6 is 0 Å². The molecule has 23 heavy (non-hydrogen) atoms. The smallest absolute Gasteiger partial charge is 0.444 e. The van der Waals surface area contributed by atoms with Gasteiger partial charge in [-0.1, -0.05) is 0 Å². The zero-order valence-corrected chi connectivity index (χ0v) is 12.6. The van der Waals surface area contributed by atoms with Gasteiger partial charge in [0, 0.05) is 11.8 Å². The van der Waals surface area contributed by atoms with Gasteiger partial charge in [0.15, 0.2) is 0 Å². The van der Waals surface area contributed by atoms with Gasteiger partial charge in [-0.15, -0.1) is 5.10 Å². The van der Waals surface area contributed by atoms with Gasteiger partial charge in [-0.05, 0) is 20.8 Å². The summed E-state index contributed by atoms with van der Waals surface area (Å²) in [4.78, 5) is 11.6. The molecule has 3 heterocycles. The SMILES string of the molecule is Cc1cc(NCc2nc(C)c(C)o2)n2nc(C(F)(F)F)nc2n1. The van der Waals surface area contributed by atoms with Crippen molar-refractivity contribution in [2.75, 3.05) is 5.32 Å². The van der Waals surface area contributed by atoms with Crippen molar-refractivity contribution in [2.24, 2.45) is 0 Å². The Bertz CT molecular complexity index is 847. The van der Waals surface area contributed by atoms with Gasteiger partial charge >= 0.3 is 6.18 Å². The summed E-state index contributed by atoms with van der Waals surface area (Å²) in [5.74, 6) is 0.0850. The molecule has 0 aliphatic rings. The molecule has 0 aliphatic carbocycles. The normalized spacial score (nSPS) is 12.1. The number of hydrogen-bond acceptors (Lipinski definition) is 6. The van der Waals surface area contributed by atoms with Crippen LogP contribution < -0.4 is 5.32 Å². The number of nitrogens with zero attached hydrogens (tertiary/aromatic N) is 5. The Balaban J connectivity index is 1.94. The van der Waals surface area contributed by atoms with Crippen LogP contribution in [0.15, 0.2) is 10.5 Å². The molecule has 0 saturated carbocycles. The summed E-state index contributed by atoms with van der Waals surface area (Å²) < 4.78 is 44.7. The van der Waals surface area contributed by atoms with E-state index >= 15 is 0 Å². The number of alkyl halides is 3. The number of oxazole rings is 1. The Labute approximate surface area is 128 Å². The number of aromatic nitrogens is 5. The van der Waals surface area contributed by atoms with E-state index in [0.29, 0.717) is 23.2 Å². The number of hydrogen-bond donors (Lipinski definition) is 1. The van der Waals surface area contributed by atoms with Crippen LogP contribution in [0.3, 0.4) is 0 Å². The molecule has 0 amide bonds. The maximum absolute atomic E-state index is 12.7. The minimum Gasteiger partial charge on any atom is -0.444 e. The van der Waals surface area contributed by atoms with Crippen LogP contribution in [0, 0.1) is 20.8 Å². The highest BCUT2D eigenvalue weighted by Crippen LogP contribution is 2.27. The molecule has 10 heteroatoms. The minimum atomic E-state index is -4.63. The molecule has 1 N–H and O–H groups in total. The van der Waals surface area contributed by atoms with Crippen molar-refractivity contribution in [3.8, 4) is 0 Å². The lowest BCUT2D eigenvalue weighted by Gasteiger charge is -2.06. The summed E-state index contributed by atoms with van der Waals surface area (Å²) in [5, 5.41) is 6.41. The molecule has 0 spiro atoms. The third-order valence-corrected chi connectivity index (χ3v) is 3.19. The Morgan fingerprint density at radius 3 is 2.52 bits per heavy atom. The van der Waals surface area contributed by atoms with E-state index in [9.17, 15) is 13.2 Å². The highest BCUT2D eigenvalue weighted by atomic mass is 19.4. The van der Waals surface area contributed by atoms with Gasteiger partial charge in [-0.25, -0.2) is 9.97 Å². The lowest BCUT2D eigenvalue weighted by atomic mass is 10.4. The predicted molar refractivity (Wildman–Crippen MR) is 73.8 cm³/mol. The third-order valence-electron chi connectivity index (χ3n) is 3.19. The standard InChI is InChI=1S/C13H13F3N6O/c1-6-4-9(17-5-10-19-7(2)8(3)23-10)22-12(18-6)20-11(21-22)13(14,15)16/h4,17H,5H2,1-3H3. The summed E-state index contributed by atoms with van der Waals surface area (Å²) in [6.07, 6.45) is -4.63. The van der Waals surface area contributed by atoms with Crippen molar-refractivity contribution < 1.29 is 17.6 Å². The number of anilines is 1. The second-order valence-electron chi connectivity index (χ2n) is 5.03. The van der Waals surface area contributed by atoms with Gasteiger partial charge in [0.2, 0.25) is 5.89 Å². The maximum Gasteiger partial charge on any atom is 0.453 e. The molecule has 0 bridgehead atoms. The summed E-state index contributed by atoms with van der Waals surface area (Å²) >= 11 is 0. The molecule has 0 aromatic carbocycles. The highest BCUT2D eigenvalue weighted by Gasteiger charge is 2.36. The molecule has 3 aromatic rings. The fourth-order valence-electron chi connectivity index (χ4n) is 2.01. The number of aryl methyl sites for hydroxylation is 3. The molecule has 122 valence electrons. The van der Waals surface area contributed by atoms with Gasteiger partial charge in [0.25, 0.3) is 11.6 Å². The first-order valence-electron chi connectivity index (χ1n) is 6.72. The first-order valence-corrected chi connectivity index (χ1v) is 6.72.